The molecule has 0 aromatic carbocycles. The first-order valence-electron chi connectivity index (χ1n) is 5.07. The molecule has 1 fully saturated rings. The summed E-state index contributed by atoms with van der Waals surface area (Å²) in [6.07, 6.45) is 1.06. The molecule has 0 unspecified atom stereocenters. The van der Waals surface area contributed by atoms with Crippen LogP contribution in [0.3, 0.4) is 0 Å². The summed E-state index contributed by atoms with van der Waals surface area (Å²) in [4.78, 5) is 10.8. The Kier molecular flexibility index (Phi) is 3.72. The zero-order valence-electron chi connectivity index (χ0n) is 9.01. The first kappa shape index (κ1) is 12.4. The van der Waals surface area contributed by atoms with E-state index in [1.165, 1.54) is 0 Å². The van der Waals surface area contributed by atoms with E-state index in [9.17, 15) is 13.2 Å². The van der Waals surface area contributed by atoms with Crippen LogP contribution >= 0.6 is 0 Å². The van der Waals surface area contributed by atoms with Crippen LogP contribution in [0.5, 0.6) is 0 Å². The fourth-order valence-corrected chi connectivity index (χ4v) is 3.86. The highest BCUT2D eigenvalue weighted by Gasteiger charge is 2.38. The van der Waals surface area contributed by atoms with Crippen molar-refractivity contribution in [3.63, 3.8) is 0 Å². The number of aliphatic carboxylic acids is 1. The van der Waals surface area contributed by atoms with Crippen LogP contribution in [0, 0.1) is 5.92 Å². The van der Waals surface area contributed by atoms with E-state index in [-0.39, 0.29) is 11.7 Å². The van der Waals surface area contributed by atoms with Gasteiger partial charge in [0.1, 0.15) is 6.04 Å². The minimum atomic E-state index is -3.40. The highest BCUT2D eigenvalue weighted by molar-refractivity contribution is 7.89. The molecule has 6 heteroatoms. The molecule has 88 valence electrons. The molecular formula is C9H17NO4S. The number of carboxylic acids is 1. The molecule has 0 saturated carbocycles. The molecule has 0 bridgehead atoms. The van der Waals surface area contributed by atoms with Gasteiger partial charge in [-0.2, -0.15) is 4.31 Å². The van der Waals surface area contributed by atoms with E-state index < -0.39 is 22.0 Å². The number of nitrogens with zero attached hydrogens (tertiary/aromatic N) is 1. The minimum Gasteiger partial charge on any atom is -0.480 e. The smallest absolute Gasteiger partial charge is 0.322 e. The molecule has 1 aliphatic heterocycles. The van der Waals surface area contributed by atoms with Gasteiger partial charge in [-0.25, -0.2) is 8.42 Å². The van der Waals surface area contributed by atoms with Gasteiger partial charge in [0.25, 0.3) is 0 Å². The largest absolute Gasteiger partial charge is 0.480 e. The van der Waals surface area contributed by atoms with Crippen molar-refractivity contribution in [1.82, 2.24) is 4.31 Å². The van der Waals surface area contributed by atoms with Crippen molar-refractivity contribution in [3.05, 3.63) is 0 Å². The zero-order chi connectivity index (χ0) is 11.6. The highest BCUT2D eigenvalue weighted by atomic mass is 32.2. The Balaban J connectivity index is 2.82. The summed E-state index contributed by atoms with van der Waals surface area (Å²) >= 11 is 0. The molecule has 1 atom stereocenters. The Labute approximate surface area is 90.1 Å². The number of sulfonamides is 1. The van der Waals surface area contributed by atoms with E-state index in [1.807, 2.05) is 13.8 Å². The van der Waals surface area contributed by atoms with E-state index in [4.69, 9.17) is 5.11 Å². The summed E-state index contributed by atoms with van der Waals surface area (Å²) in [5.74, 6) is -0.999. The number of carbonyl (C=O) groups is 1. The van der Waals surface area contributed by atoms with Gasteiger partial charge in [0.2, 0.25) is 10.0 Å². The Bertz CT molecular complexity index is 336. The van der Waals surface area contributed by atoms with Crippen LogP contribution in [0.4, 0.5) is 0 Å². The lowest BCUT2D eigenvalue weighted by Gasteiger charge is -2.21. The molecule has 0 spiro atoms. The normalized spacial score (nSPS) is 23.5. The first-order chi connectivity index (χ1) is 6.84. The third-order valence-electron chi connectivity index (χ3n) is 2.39. The van der Waals surface area contributed by atoms with Gasteiger partial charge in [0, 0.05) is 6.54 Å². The second-order valence-electron chi connectivity index (χ2n) is 4.28. The quantitative estimate of drug-likeness (QED) is 0.771. The van der Waals surface area contributed by atoms with Gasteiger partial charge in [-0.15, -0.1) is 0 Å². The topological polar surface area (TPSA) is 74.7 Å². The van der Waals surface area contributed by atoms with Crippen LogP contribution in [-0.2, 0) is 14.8 Å². The fourth-order valence-electron chi connectivity index (χ4n) is 1.84. The van der Waals surface area contributed by atoms with Crippen molar-refractivity contribution in [3.8, 4) is 0 Å². The summed E-state index contributed by atoms with van der Waals surface area (Å²) in [6, 6.07) is -0.853. The maximum Gasteiger partial charge on any atom is 0.322 e. The lowest BCUT2D eigenvalue weighted by atomic mass is 10.2. The lowest BCUT2D eigenvalue weighted by Crippen LogP contribution is -2.42. The molecule has 1 N–H and O–H groups in total. The molecule has 0 aliphatic carbocycles. The van der Waals surface area contributed by atoms with Gasteiger partial charge in [-0.1, -0.05) is 13.8 Å². The average Bonchev–Trinajstić information content (AvgIpc) is 2.48. The zero-order valence-corrected chi connectivity index (χ0v) is 9.83. The molecule has 1 aliphatic rings. The summed E-state index contributed by atoms with van der Waals surface area (Å²) in [7, 11) is -3.40. The molecule has 0 amide bonds. The molecule has 15 heavy (non-hydrogen) atoms. The molecule has 5 nitrogen and oxygen atoms in total. The van der Waals surface area contributed by atoms with Gasteiger partial charge in [0.15, 0.2) is 0 Å². The number of carboxylic acid groups (broad SMARTS) is 1. The van der Waals surface area contributed by atoms with Crippen molar-refractivity contribution in [1.29, 1.82) is 0 Å². The van der Waals surface area contributed by atoms with Crippen LogP contribution in [-0.4, -0.2) is 42.1 Å². The van der Waals surface area contributed by atoms with Crippen LogP contribution in [0.15, 0.2) is 0 Å². The second kappa shape index (κ2) is 4.49. The first-order valence-corrected chi connectivity index (χ1v) is 6.68. The molecule has 0 radical (unpaired) electrons. The summed E-state index contributed by atoms with van der Waals surface area (Å²) in [5, 5.41) is 8.88. The Morgan fingerprint density at radius 1 is 1.53 bits per heavy atom. The Morgan fingerprint density at radius 2 is 2.13 bits per heavy atom. The third kappa shape index (κ3) is 2.92. The summed E-state index contributed by atoms with van der Waals surface area (Å²) < 4.78 is 24.8. The number of hydrogen-bond donors (Lipinski definition) is 1. The van der Waals surface area contributed by atoms with E-state index >= 15 is 0 Å². The van der Waals surface area contributed by atoms with Crippen LogP contribution in [0.2, 0.25) is 0 Å². The van der Waals surface area contributed by atoms with Crippen molar-refractivity contribution in [2.24, 2.45) is 5.92 Å². The van der Waals surface area contributed by atoms with Gasteiger partial charge >= 0.3 is 5.97 Å². The van der Waals surface area contributed by atoms with Crippen molar-refractivity contribution >= 4 is 16.0 Å². The maximum absolute atomic E-state index is 11.8. The maximum atomic E-state index is 11.8. The van der Waals surface area contributed by atoms with Gasteiger partial charge in [-0.3, -0.25) is 4.79 Å². The van der Waals surface area contributed by atoms with Crippen molar-refractivity contribution in [2.45, 2.75) is 32.7 Å². The van der Waals surface area contributed by atoms with E-state index in [0.717, 1.165) is 4.31 Å². The predicted molar refractivity (Wildman–Crippen MR) is 56.0 cm³/mol. The van der Waals surface area contributed by atoms with Crippen molar-refractivity contribution in [2.75, 3.05) is 12.3 Å². The Morgan fingerprint density at radius 3 is 2.60 bits per heavy atom. The number of hydrogen-bond acceptors (Lipinski definition) is 3. The highest BCUT2D eigenvalue weighted by Crippen LogP contribution is 2.22. The van der Waals surface area contributed by atoms with Gasteiger partial charge < -0.3 is 5.11 Å². The lowest BCUT2D eigenvalue weighted by molar-refractivity contribution is -0.140. The molecule has 1 saturated heterocycles. The van der Waals surface area contributed by atoms with Gasteiger partial charge in [0.05, 0.1) is 5.75 Å². The van der Waals surface area contributed by atoms with Gasteiger partial charge in [-0.05, 0) is 18.8 Å². The standard InChI is InChI=1S/C9H17NO4S/c1-7(2)6-15(13,14)10-5-3-4-8(10)9(11)12/h7-8H,3-6H2,1-2H3,(H,11,12)/t8-/m1/s1. The van der Waals surface area contributed by atoms with Crippen molar-refractivity contribution < 1.29 is 18.3 Å². The summed E-state index contributed by atoms with van der Waals surface area (Å²) in [5.41, 5.74) is 0. The van der Waals surface area contributed by atoms with Crippen LogP contribution in [0.25, 0.3) is 0 Å². The van der Waals surface area contributed by atoms with E-state index in [1.54, 1.807) is 0 Å². The van der Waals surface area contributed by atoms with E-state index in [2.05, 4.69) is 0 Å². The minimum absolute atomic E-state index is 0.0186. The molecule has 0 aromatic rings. The second-order valence-corrected chi connectivity index (χ2v) is 6.25. The third-order valence-corrected chi connectivity index (χ3v) is 4.63. The fraction of sp³-hybridized carbons (Fsp3) is 0.889. The SMILES string of the molecule is CC(C)CS(=O)(=O)N1CCC[C@@H]1C(=O)O. The summed E-state index contributed by atoms with van der Waals surface area (Å²) in [6.45, 7) is 3.96. The van der Waals surface area contributed by atoms with E-state index in [0.29, 0.717) is 19.4 Å². The molecule has 1 rings (SSSR count). The van der Waals surface area contributed by atoms with Crippen LogP contribution in [0.1, 0.15) is 26.7 Å². The molecule has 0 aromatic heterocycles. The molecule has 1 heterocycles. The Hall–Kier alpha value is -0.620. The average molecular weight is 235 g/mol. The van der Waals surface area contributed by atoms with Crippen LogP contribution < -0.4 is 0 Å². The monoisotopic (exact) mass is 235 g/mol. The number of rotatable bonds is 4. The molecular weight excluding hydrogens is 218 g/mol. The predicted octanol–water partition coefficient (Wildman–Crippen LogP) is 0.521.